The van der Waals surface area contributed by atoms with Crippen molar-refractivity contribution < 1.29 is 14.3 Å². The number of carbonyl (C=O) groups is 1. The molecule has 0 bridgehead atoms. The minimum atomic E-state index is -0.145. The van der Waals surface area contributed by atoms with E-state index in [1.54, 1.807) is 12.1 Å². The number of amides is 1. The summed E-state index contributed by atoms with van der Waals surface area (Å²) in [4.78, 5) is 15.6. The fraction of sp³-hybridized carbons (Fsp3) is 0.571. The molecule has 1 amide bonds. The average molecular weight is 299 g/mol. The number of hydrogen-bond donors (Lipinski definition) is 1. The van der Waals surface area contributed by atoms with Crippen molar-refractivity contribution in [3.63, 3.8) is 0 Å². The summed E-state index contributed by atoms with van der Waals surface area (Å²) in [7, 11) is 0. The summed E-state index contributed by atoms with van der Waals surface area (Å²) in [6.45, 7) is 2.69. The van der Waals surface area contributed by atoms with Crippen LogP contribution in [0.2, 0.25) is 5.15 Å². The highest BCUT2D eigenvalue weighted by atomic mass is 35.5. The van der Waals surface area contributed by atoms with Gasteiger partial charge in [0.2, 0.25) is 0 Å². The average Bonchev–Trinajstić information content (AvgIpc) is 2.96. The maximum Gasteiger partial charge on any atom is 0.252 e. The maximum absolute atomic E-state index is 11.7. The number of nitrogens with zero attached hydrogens (tertiary/aromatic N) is 1. The van der Waals surface area contributed by atoms with E-state index in [0.29, 0.717) is 30.5 Å². The number of rotatable bonds is 7. The van der Waals surface area contributed by atoms with Crippen molar-refractivity contribution in [3.05, 3.63) is 29.0 Å². The molecule has 1 aromatic rings. The van der Waals surface area contributed by atoms with E-state index < -0.39 is 0 Å². The Bertz CT molecular complexity index is 419. The van der Waals surface area contributed by atoms with Crippen molar-refractivity contribution in [2.75, 3.05) is 26.4 Å². The van der Waals surface area contributed by atoms with Crippen LogP contribution in [0.5, 0.6) is 0 Å². The third-order valence-corrected chi connectivity index (χ3v) is 3.29. The van der Waals surface area contributed by atoms with Gasteiger partial charge in [-0.1, -0.05) is 11.6 Å². The molecule has 1 aliphatic rings. The molecular weight excluding hydrogens is 280 g/mol. The van der Waals surface area contributed by atoms with E-state index in [4.69, 9.17) is 21.1 Å². The van der Waals surface area contributed by atoms with E-state index in [-0.39, 0.29) is 12.0 Å². The van der Waals surface area contributed by atoms with Crippen molar-refractivity contribution in [2.45, 2.75) is 25.4 Å². The summed E-state index contributed by atoms with van der Waals surface area (Å²) in [5.41, 5.74) is 0.509. The van der Waals surface area contributed by atoms with Crippen LogP contribution in [0.1, 0.15) is 29.6 Å². The van der Waals surface area contributed by atoms with E-state index in [1.165, 1.54) is 6.20 Å². The minimum absolute atomic E-state index is 0.145. The zero-order valence-electron chi connectivity index (χ0n) is 11.3. The van der Waals surface area contributed by atoms with Crippen LogP contribution in [0.4, 0.5) is 0 Å². The molecule has 6 heteroatoms. The van der Waals surface area contributed by atoms with E-state index in [1.807, 2.05) is 0 Å². The molecule has 0 saturated carbocycles. The van der Waals surface area contributed by atoms with Crippen LogP contribution in [-0.4, -0.2) is 43.4 Å². The Morgan fingerprint density at radius 3 is 3.15 bits per heavy atom. The molecule has 1 aromatic heterocycles. The van der Waals surface area contributed by atoms with E-state index in [2.05, 4.69) is 10.3 Å². The van der Waals surface area contributed by atoms with Gasteiger partial charge >= 0.3 is 0 Å². The molecule has 20 heavy (non-hydrogen) atoms. The first-order valence-corrected chi connectivity index (χ1v) is 7.22. The van der Waals surface area contributed by atoms with Gasteiger partial charge < -0.3 is 14.8 Å². The van der Waals surface area contributed by atoms with Gasteiger partial charge in [-0.3, -0.25) is 4.79 Å². The van der Waals surface area contributed by atoms with E-state index >= 15 is 0 Å². The zero-order chi connectivity index (χ0) is 14.2. The molecule has 1 unspecified atom stereocenters. The Hall–Kier alpha value is -1.17. The summed E-state index contributed by atoms with van der Waals surface area (Å²) < 4.78 is 11.0. The molecular formula is C14H19ClN2O3. The predicted octanol–water partition coefficient (Wildman–Crippen LogP) is 2.05. The van der Waals surface area contributed by atoms with Gasteiger partial charge in [0, 0.05) is 26.0 Å². The summed E-state index contributed by atoms with van der Waals surface area (Å²) in [5, 5.41) is 3.19. The molecule has 1 fully saturated rings. The van der Waals surface area contributed by atoms with Crippen molar-refractivity contribution >= 4 is 17.5 Å². The second-order valence-electron chi connectivity index (χ2n) is 4.69. The predicted molar refractivity (Wildman–Crippen MR) is 76.0 cm³/mol. The van der Waals surface area contributed by atoms with E-state index in [0.717, 1.165) is 25.9 Å². The van der Waals surface area contributed by atoms with Gasteiger partial charge in [0.05, 0.1) is 18.3 Å². The molecule has 2 heterocycles. The van der Waals surface area contributed by atoms with Crippen molar-refractivity contribution in [1.29, 1.82) is 0 Å². The Morgan fingerprint density at radius 2 is 2.45 bits per heavy atom. The Balaban J connectivity index is 1.54. The minimum Gasteiger partial charge on any atom is -0.379 e. The first-order valence-electron chi connectivity index (χ1n) is 6.85. The van der Waals surface area contributed by atoms with Crippen molar-refractivity contribution in [1.82, 2.24) is 10.3 Å². The molecule has 0 aliphatic carbocycles. The van der Waals surface area contributed by atoms with E-state index in [9.17, 15) is 4.79 Å². The first kappa shape index (κ1) is 15.2. The highest BCUT2D eigenvalue weighted by Gasteiger charge is 2.14. The summed E-state index contributed by atoms with van der Waals surface area (Å²) in [6, 6.07) is 3.25. The molecule has 2 rings (SSSR count). The lowest BCUT2D eigenvalue weighted by Crippen LogP contribution is -2.25. The van der Waals surface area contributed by atoms with Gasteiger partial charge in [-0.05, 0) is 31.4 Å². The van der Waals surface area contributed by atoms with Crippen LogP contribution < -0.4 is 5.32 Å². The van der Waals surface area contributed by atoms with Crippen LogP contribution in [-0.2, 0) is 9.47 Å². The van der Waals surface area contributed by atoms with Crippen LogP contribution in [0.3, 0.4) is 0 Å². The second kappa shape index (κ2) is 8.19. The third-order valence-electron chi connectivity index (χ3n) is 3.07. The molecule has 1 aliphatic heterocycles. The summed E-state index contributed by atoms with van der Waals surface area (Å²) in [6.07, 6.45) is 4.70. The lowest BCUT2D eigenvalue weighted by molar-refractivity contribution is 0.0166. The van der Waals surface area contributed by atoms with Gasteiger partial charge in [0.1, 0.15) is 5.15 Å². The number of carbonyl (C=O) groups excluding carboxylic acids is 1. The summed E-state index contributed by atoms with van der Waals surface area (Å²) >= 11 is 5.66. The number of hydrogen-bond acceptors (Lipinski definition) is 4. The molecule has 1 saturated heterocycles. The monoisotopic (exact) mass is 298 g/mol. The molecule has 0 aromatic carbocycles. The largest absolute Gasteiger partial charge is 0.379 e. The Labute approximate surface area is 123 Å². The fourth-order valence-electron chi connectivity index (χ4n) is 1.98. The Morgan fingerprint density at radius 1 is 1.55 bits per heavy atom. The molecule has 0 radical (unpaired) electrons. The number of pyridine rings is 1. The highest BCUT2D eigenvalue weighted by molar-refractivity contribution is 6.29. The molecule has 1 atom stereocenters. The third kappa shape index (κ3) is 5.07. The topological polar surface area (TPSA) is 60.5 Å². The van der Waals surface area contributed by atoms with Crippen LogP contribution in [0, 0.1) is 0 Å². The second-order valence-corrected chi connectivity index (χ2v) is 5.08. The molecule has 0 spiro atoms. The molecule has 5 nitrogen and oxygen atoms in total. The molecule has 1 N–H and O–H groups in total. The lowest BCUT2D eigenvalue weighted by Gasteiger charge is -2.10. The summed E-state index contributed by atoms with van der Waals surface area (Å²) in [5.74, 6) is -0.145. The van der Waals surface area contributed by atoms with Gasteiger partial charge in [0.15, 0.2) is 0 Å². The van der Waals surface area contributed by atoms with Crippen LogP contribution >= 0.6 is 11.6 Å². The van der Waals surface area contributed by atoms with Crippen molar-refractivity contribution in [3.8, 4) is 0 Å². The van der Waals surface area contributed by atoms with Gasteiger partial charge in [-0.25, -0.2) is 4.98 Å². The highest BCUT2D eigenvalue weighted by Crippen LogP contribution is 2.11. The van der Waals surface area contributed by atoms with Crippen LogP contribution in [0.25, 0.3) is 0 Å². The maximum atomic E-state index is 11.7. The fourth-order valence-corrected chi connectivity index (χ4v) is 2.09. The number of ether oxygens (including phenoxy) is 2. The van der Waals surface area contributed by atoms with Crippen LogP contribution in [0.15, 0.2) is 18.3 Å². The standard InChI is InChI=1S/C14H19ClN2O3/c15-13-5-4-11(9-17-13)14(18)16-6-2-7-19-10-12-3-1-8-20-12/h4-5,9,12H,1-3,6-8,10H2,(H,16,18). The number of nitrogens with one attached hydrogen (secondary N) is 1. The zero-order valence-corrected chi connectivity index (χ0v) is 12.1. The number of halogens is 1. The normalized spacial score (nSPS) is 18.1. The van der Waals surface area contributed by atoms with Gasteiger partial charge in [-0.2, -0.15) is 0 Å². The van der Waals surface area contributed by atoms with Gasteiger partial charge in [0.25, 0.3) is 5.91 Å². The SMILES string of the molecule is O=C(NCCCOCC1CCCO1)c1ccc(Cl)nc1. The lowest BCUT2D eigenvalue weighted by atomic mass is 10.2. The number of aromatic nitrogens is 1. The molecule has 110 valence electrons. The van der Waals surface area contributed by atoms with Gasteiger partial charge in [-0.15, -0.1) is 0 Å². The quantitative estimate of drug-likeness (QED) is 0.618. The smallest absolute Gasteiger partial charge is 0.252 e. The van der Waals surface area contributed by atoms with Crippen molar-refractivity contribution in [2.24, 2.45) is 0 Å². The Kier molecular flexibility index (Phi) is 6.24. The first-order chi connectivity index (χ1) is 9.75.